The topological polar surface area (TPSA) is 58.0 Å². The summed E-state index contributed by atoms with van der Waals surface area (Å²) in [7, 11) is 0. The van der Waals surface area contributed by atoms with E-state index in [1.165, 1.54) is 11.5 Å². The number of halogens is 3. The molecule has 3 heterocycles. The molecule has 1 fully saturated rings. The van der Waals surface area contributed by atoms with Gasteiger partial charge in [-0.05, 0) is 6.92 Å². The van der Waals surface area contributed by atoms with Gasteiger partial charge in [0.25, 0.3) is 0 Å². The smallest absolute Gasteiger partial charge is 0.343 e. The first kappa shape index (κ1) is 14.4. The van der Waals surface area contributed by atoms with Crippen LogP contribution in [0.2, 0.25) is 0 Å². The molecule has 114 valence electrons. The molecule has 2 aromatic heterocycles. The van der Waals surface area contributed by atoms with Crippen LogP contribution in [0.3, 0.4) is 0 Å². The van der Waals surface area contributed by atoms with Crippen LogP contribution in [0.4, 0.5) is 23.4 Å². The van der Waals surface area contributed by atoms with Gasteiger partial charge in [0.05, 0.1) is 0 Å². The Morgan fingerprint density at radius 1 is 1.00 bits per heavy atom. The molecule has 11 heteroatoms. The van der Waals surface area contributed by atoms with E-state index in [9.17, 15) is 13.2 Å². The second-order valence-electron chi connectivity index (χ2n) is 4.49. The molecule has 0 atom stereocenters. The Hall–Kier alpha value is -1.49. The normalized spacial score (nSPS) is 16.6. The van der Waals surface area contributed by atoms with Crippen molar-refractivity contribution in [2.45, 2.75) is 13.1 Å². The van der Waals surface area contributed by atoms with E-state index in [4.69, 9.17) is 0 Å². The van der Waals surface area contributed by atoms with E-state index in [0.29, 0.717) is 42.6 Å². The SMILES string of the molecule is Cc1nsc(N2CCN(c3nnc(C(F)(F)F)s3)CC2)n1. The summed E-state index contributed by atoms with van der Waals surface area (Å²) in [5, 5.41) is 7.11. The van der Waals surface area contributed by atoms with Gasteiger partial charge >= 0.3 is 6.18 Å². The Kier molecular flexibility index (Phi) is 3.69. The highest BCUT2D eigenvalue weighted by atomic mass is 32.1. The minimum Gasteiger partial charge on any atom is -0.343 e. The summed E-state index contributed by atoms with van der Waals surface area (Å²) in [4.78, 5) is 8.20. The van der Waals surface area contributed by atoms with Gasteiger partial charge in [-0.2, -0.15) is 17.5 Å². The second kappa shape index (κ2) is 5.37. The number of hydrogen-bond acceptors (Lipinski definition) is 8. The summed E-state index contributed by atoms with van der Waals surface area (Å²) in [6.45, 7) is 4.36. The quantitative estimate of drug-likeness (QED) is 0.836. The molecular formula is C10H11F3N6S2. The van der Waals surface area contributed by atoms with Gasteiger partial charge in [0.1, 0.15) is 5.82 Å². The van der Waals surface area contributed by atoms with Crippen molar-refractivity contribution < 1.29 is 13.2 Å². The van der Waals surface area contributed by atoms with Crippen molar-refractivity contribution in [3.05, 3.63) is 10.8 Å². The standard InChI is InChI=1S/C10H11F3N6S2/c1-6-14-8(21-17-6)18-2-4-19(5-3-18)9-16-15-7(20-9)10(11,12)13/h2-5H2,1H3. The van der Waals surface area contributed by atoms with Crippen molar-refractivity contribution in [3.63, 3.8) is 0 Å². The van der Waals surface area contributed by atoms with Crippen LogP contribution >= 0.6 is 22.9 Å². The summed E-state index contributed by atoms with van der Waals surface area (Å²) in [5.41, 5.74) is 0. The number of piperazine rings is 1. The average molecular weight is 336 g/mol. The third-order valence-electron chi connectivity index (χ3n) is 2.99. The van der Waals surface area contributed by atoms with Crippen LogP contribution in [-0.4, -0.2) is 45.7 Å². The molecule has 0 N–H and O–H groups in total. The Labute approximate surface area is 126 Å². The fourth-order valence-electron chi connectivity index (χ4n) is 1.96. The highest BCUT2D eigenvalue weighted by Crippen LogP contribution is 2.34. The predicted molar refractivity (Wildman–Crippen MR) is 74.0 cm³/mol. The van der Waals surface area contributed by atoms with Gasteiger partial charge in [-0.1, -0.05) is 11.3 Å². The van der Waals surface area contributed by atoms with Gasteiger partial charge in [0, 0.05) is 37.7 Å². The Morgan fingerprint density at radius 2 is 1.62 bits per heavy atom. The molecule has 1 aliphatic rings. The van der Waals surface area contributed by atoms with Crippen LogP contribution in [0.5, 0.6) is 0 Å². The van der Waals surface area contributed by atoms with Gasteiger partial charge in [-0.3, -0.25) is 0 Å². The van der Waals surface area contributed by atoms with Gasteiger partial charge in [0.2, 0.25) is 15.3 Å². The fourth-order valence-corrected chi connectivity index (χ4v) is 3.45. The van der Waals surface area contributed by atoms with E-state index in [2.05, 4.69) is 24.5 Å². The lowest BCUT2D eigenvalue weighted by Gasteiger charge is -2.33. The van der Waals surface area contributed by atoms with Gasteiger partial charge < -0.3 is 9.80 Å². The molecule has 0 spiro atoms. The third kappa shape index (κ3) is 3.07. The number of aromatic nitrogens is 4. The van der Waals surface area contributed by atoms with Crippen LogP contribution < -0.4 is 9.80 Å². The van der Waals surface area contributed by atoms with Gasteiger partial charge in [0.15, 0.2) is 0 Å². The lowest BCUT2D eigenvalue weighted by Crippen LogP contribution is -2.46. The number of rotatable bonds is 2. The van der Waals surface area contributed by atoms with E-state index in [1.807, 2.05) is 11.8 Å². The molecule has 0 saturated carbocycles. The van der Waals surface area contributed by atoms with Crippen molar-refractivity contribution >= 4 is 33.1 Å². The first-order valence-corrected chi connectivity index (χ1v) is 7.73. The lowest BCUT2D eigenvalue weighted by molar-refractivity contribution is -0.138. The molecule has 0 radical (unpaired) electrons. The number of alkyl halides is 3. The van der Waals surface area contributed by atoms with Crippen LogP contribution in [0, 0.1) is 6.92 Å². The minimum absolute atomic E-state index is 0.315. The Balaban J connectivity index is 1.64. The summed E-state index contributed by atoms with van der Waals surface area (Å²) in [5.74, 6) is 0.733. The molecule has 0 aliphatic carbocycles. The van der Waals surface area contributed by atoms with Gasteiger partial charge in [-0.15, -0.1) is 10.2 Å². The van der Waals surface area contributed by atoms with E-state index in [-0.39, 0.29) is 0 Å². The average Bonchev–Trinajstić information content (AvgIpc) is 3.07. The maximum absolute atomic E-state index is 12.5. The molecule has 21 heavy (non-hydrogen) atoms. The number of aryl methyl sites for hydroxylation is 1. The highest BCUT2D eigenvalue weighted by molar-refractivity contribution is 7.15. The molecule has 2 aromatic rings. The number of anilines is 2. The van der Waals surface area contributed by atoms with E-state index in [0.717, 1.165) is 11.0 Å². The van der Waals surface area contributed by atoms with Crippen molar-refractivity contribution in [2.24, 2.45) is 0 Å². The first-order chi connectivity index (χ1) is 9.93. The highest BCUT2D eigenvalue weighted by Gasteiger charge is 2.36. The third-order valence-corrected chi connectivity index (χ3v) is 4.89. The van der Waals surface area contributed by atoms with Gasteiger partial charge in [-0.25, -0.2) is 4.98 Å². The Bertz CT molecular complexity index is 616. The lowest BCUT2D eigenvalue weighted by atomic mass is 10.3. The molecule has 6 nitrogen and oxygen atoms in total. The van der Waals surface area contributed by atoms with Crippen LogP contribution in [0.15, 0.2) is 0 Å². The molecular weight excluding hydrogens is 325 g/mol. The van der Waals surface area contributed by atoms with Crippen molar-refractivity contribution in [3.8, 4) is 0 Å². The molecule has 3 rings (SSSR count). The van der Waals surface area contributed by atoms with E-state index < -0.39 is 11.2 Å². The molecule has 1 saturated heterocycles. The molecule has 0 bridgehead atoms. The monoisotopic (exact) mass is 336 g/mol. The van der Waals surface area contributed by atoms with Crippen molar-refractivity contribution in [1.82, 2.24) is 19.6 Å². The summed E-state index contributed by atoms with van der Waals surface area (Å²) in [6, 6.07) is 0. The second-order valence-corrected chi connectivity index (χ2v) is 6.17. The summed E-state index contributed by atoms with van der Waals surface area (Å²) >= 11 is 1.92. The zero-order chi connectivity index (χ0) is 15.0. The fraction of sp³-hybridized carbons (Fsp3) is 0.600. The maximum atomic E-state index is 12.5. The zero-order valence-corrected chi connectivity index (χ0v) is 12.6. The summed E-state index contributed by atoms with van der Waals surface area (Å²) < 4.78 is 41.7. The van der Waals surface area contributed by atoms with Crippen LogP contribution in [-0.2, 0) is 6.18 Å². The minimum atomic E-state index is -4.43. The number of hydrogen-bond donors (Lipinski definition) is 0. The molecule has 0 aromatic carbocycles. The number of nitrogens with zero attached hydrogens (tertiary/aromatic N) is 6. The Morgan fingerprint density at radius 3 is 2.10 bits per heavy atom. The molecule has 0 unspecified atom stereocenters. The van der Waals surface area contributed by atoms with Crippen molar-refractivity contribution in [1.29, 1.82) is 0 Å². The van der Waals surface area contributed by atoms with Crippen LogP contribution in [0.25, 0.3) is 0 Å². The molecule has 0 amide bonds. The maximum Gasteiger partial charge on any atom is 0.445 e. The van der Waals surface area contributed by atoms with E-state index >= 15 is 0 Å². The van der Waals surface area contributed by atoms with Crippen LogP contribution in [0.1, 0.15) is 10.8 Å². The predicted octanol–water partition coefficient (Wildman–Crippen LogP) is 2.04. The zero-order valence-electron chi connectivity index (χ0n) is 11.0. The first-order valence-electron chi connectivity index (χ1n) is 6.14. The summed E-state index contributed by atoms with van der Waals surface area (Å²) in [6.07, 6.45) is -4.43. The van der Waals surface area contributed by atoms with E-state index in [1.54, 1.807) is 0 Å². The van der Waals surface area contributed by atoms with Crippen molar-refractivity contribution in [2.75, 3.05) is 36.0 Å². The molecule has 1 aliphatic heterocycles. The largest absolute Gasteiger partial charge is 0.445 e.